The van der Waals surface area contributed by atoms with E-state index in [2.05, 4.69) is 5.32 Å². The molecule has 2 aromatic rings. The average Bonchev–Trinajstić information content (AvgIpc) is 2.83. The normalized spacial score (nSPS) is 18.4. The lowest BCUT2D eigenvalue weighted by Gasteiger charge is -2.33. The summed E-state index contributed by atoms with van der Waals surface area (Å²) >= 11 is 0. The molecule has 0 spiro atoms. The number of hydrogen-bond donors (Lipinski definition) is 1. The third kappa shape index (κ3) is 4.96. The number of benzene rings is 2. The SMILES string of the molecule is Cc1ccc(S(=O)(=O)N2CCC(C(=O)NC(C)C(=O)N3CCCc4ccccc43)CC2)cc1. The van der Waals surface area contributed by atoms with E-state index in [1.54, 1.807) is 36.1 Å². The average molecular weight is 470 g/mol. The highest BCUT2D eigenvalue weighted by atomic mass is 32.2. The van der Waals surface area contributed by atoms with Crippen LogP contribution in [0.5, 0.6) is 0 Å². The standard InChI is InChI=1S/C25H31N3O4S/c1-18-9-11-22(12-10-18)33(31,32)27-16-13-21(14-17-27)24(29)26-19(2)25(30)28-15-5-7-20-6-3-4-8-23(20)28/h3-4,6,8-12,19,21H,5,7,13-17H2,1-2H3,(H,26,29). The van der Waals surface area contributed by atoms with Crippen molar-refractivity contribution in [2.75, 3.05) is 24.5 Å². The summed E-state index contributed by atoms with van der Waals surface area (Å²) in [5.41, 5.74) is 3.07. The molecule has 176 valence electrons. The van der Waals surface area contributed by atoms with Gasteiger partial charge >= 0.3 is 0 Å². The third-order valence-electron chi connectivity index (χ3n) is 6.59. The minimum Gasteiger partial charge on any atom is -0.344 e. The van der Waals surface area contributed by atoms with Gasteiger partial charge in [0, 0.05) is 31.2 Å². The van der Waals surface area contributed by atoms with Crippen LogP contribution in [0.4, 0.5) is 5.69 Å². The van der Waals surface area contributed by atoms with E-state index in [1.807, 2.05) is 31.2 Å². The van der Waals surface area contributed by atoms with Gasteiger partial charge in [0.1, 0.15) is 6.04 Å². The van der Waals surface area contributed by atoms with E-state index >= 15 is 0 Å². The number of nitrogens with zero attached hydrogens (tertiary/aromatic N) is 2. The number of fused-ring (bicyclic) bond motifs is 1. The Labute approximate surface area is 195 Å². The zero-order chi connectivity index (χ0) is 23.6. The Balaban J connectivity index is 1.34. The molecule has 2 aromatic carbocycles. The zero-order valence-electron chi connectivity index (χ0n) is 19.2. The molecule has 0 saturated carbocycles. The molecule has 7 nitrogen and oxygen atoms in total. The van der Waals surface area contributed by atoms with E-state index in [9.17, 15) is 18.0 Å². The summed E-state index contributed by atoms with van der Waals surface area (Å²) in [5, 5.41) is 2.87. The Morgan fingerprint density at radius 2 is 1.67 bits per heavy atom. The molecule has 33 heavy (non-hydrogen) atoms. The van der Waals surface area contributed by atoms with Gasteiger partial charge in [-0.3, -0.25) is 9.59 Å². The molecule has 1 fully saturated rings. The van der Waals surface area contributed by atoms with E-state index < -0.39 is 16.1 Å². The molecule has 1 N–H and O–H groups in total. The second kappa shape index (κ2) is 9.65. The maximum atomic E-state index is 13.1. The molecule has 2 amide bonds. The molecular weight excluding hydrogens is 438 g/mol. The van der Waals surface area contributed by atoms with Crippen molar-refractivity contribution in [2.45, 2.75) is 50.5 Å². The lowest BCUT2D eigenvalue weighted by Crippen LogP contribution is -2.51. The van der Waals surface area contributed by atoms with Crippen LogP contribution >= 0.6 is 0 Å². The van der Waals surface area contributed by atoms with Crippen molar-refractivity contribution in [2.24, 2.45) is 5.92 Å². The molecule has 0 radical (unpaired) electrons. The van der Waals surface area contributed by atoms with Crippen LogP contribution < -0.4 is 10.2 Å². The van der Waals surface area contributed by atoms with Crippen LogP contribution in [0.25, 0.3) is 0 Å². The number of sulfonamides is 1. The van der Waals surface area contributed by atoms with E-state index in [0.717, 1.165) is 29.7 Å². The maximum absolute atomic E-state index is 13.1. The third-order valence-corrected chi connectivity index (χ3v) is 8.50. The van der Waals surface area contributed by atoms with Crippen LogP contribution in [0.2, 0.25) is 0 Å². The number of rotatable bonds is 5. The molecule has 1 saturated heterocycles. The fourth-order valence-electron chi connectivity index (χ4n) is 4.61. The van der Waals surface area contributed by atoms with Crippen LogP contribution in [0, 0.1) is 12.8 Å². The van der Waals surface area contributed by atoms with Gasteiger partial charge in [-0.05, 0) is 63.3 Å². The van der Waals surface area contributed by atoms with Crippen molar-refractivity contribution in [3.05, 3.63) is 59.7 Å². The monoisotopic (exact) mass is 469 g/mol. The Kier molecular flexibility index (Phi) is 6.86. The second-order valence-corrected chi connectivity index (χ2v) is 10.9. The molecule has 2 heterocycles. The second-order valence-electron chi connectivity index (χ2n) is 8.94. The quantitative estimate of drug-likeness (QED) is 0.730. The van der Waals surface area contributed by atoms with Crippen LogP contribution in [-0.2, 0) is 26.0 Å². The van der Waals surface area contributed by atoms with Crippen LogP contribution in [-0.4, -0.2) is 50.2 Å². The van der Waals surface area contributed by atoms with E-state index in [1.165, 1.54) is 4.31 Å². The largest absolute Gasteiger partial charge is 0.344 e. The van der Waals surface area contributed by atoms with Gasteiger partial charge in [-0.15, -0.1) is 0 Å². The van der Waals surface area contributed by atoms with Crippen LogP contribution in [0.1, 0.15) is 37.3 Å². The first-order valence-corrected chi connectivity index (χ1v) is 13.0. The lowest BCUT2D eigenvalue weighted by molar-refractivity contribution is -0.130. The van der Waals surface area contributed by atoms with E-state index in [4.69, 9.17) is 0 Å². The summed E-state index contributed by atoms with van der Waals surface area (Å²) in [4.78, 5) is 28.0. The molecule has 1 unspecified atom stereocenters. The van der Waals surface area contributed by atoms with Crippen LogP contribution in [0.3, 0.4) is 0 Å². The number of nitrogens with one attached hydrogen (secondary N) is 1. The number of amides is 2. The number of hydrogen-bond acceptors (Lipinski definition) is 4. The van der Waals surface area contributed by atoms with Gasteiger partial charge in [-0.1, -0.05) is 35.9 Å². The molecule has 2 aliphatic rings. The van der Waals surface area contributed by atoms with Crippen molar-refractivity contribution < 1.29 is 18.0 Å². The number of carbonyl (C=O) groups is 2. The molecule has 4 rings (SSSR count). The topological polar surface area (TPSA) is 86.8 Å². The first-order valence-electron chi connectivity index (χ1n) is 11.5. The van der Waals surface area contributed by atoms with Gasteiger partial charge in [0.05, 0.1) is 4.90 Å². The number of anilines is 1. The highest BCUT2D eigenvalue weighted by Gasteiger charge is 2.34. The van der Waals surface area contributed by atoms with E-state index in [0.29, 0.717) is 19.4 Å². The molecule has 1 atom stereocenters. The smallest absolute Gasteiger partial charge is 0.249 e. The summed E-state index contributed by atoms with van der Waals surface area (Å²) in [7, 11) is -3.57. The molecule has 0 bridgehead atoms. The van der Waals surface area contributed by atoms with E-state index in [-0.39, 0.29) is 35.7 Å². The minimum atomic E-state index is -3.57. The molecule has 0 aliphatic carbocycles. The van der Waals surface area contributed by atoms with Crippen LogP contribution in [0.15, 0.2) is 53.4 Å². The Morgan fingerprint density at radius 3 is 2.36 bits per heavy atom. The van der Waals surface area contributed by atoms with Gasteiger partial charge < -0.3 is 10.2 Å². The zero-order valence-corrected chi connectivity index (χ0v) is 20.0. The van der Waals surface area contributed by atoms with Gasteiger partial charge in [-0.2, -0.15) is 4.31 Å². The molecular formula is C25H31N3O4S. The fraction of sp³-hybridized carbons (Fsp3) is 0.440. The molecule has 2 aliphatic heterocycles. The number of aryl methyl sites for hydroxylation is 2. The summed E-state index contributed by atoms with van der Waals surface area (Å²) in [6.45, 7) is 4.85. The Bertz CT molecular complexity index is 1120. The highest BCUT2D eigenvalue weighted by molar-refractivity contribution is 7.89. The van der Waals surface area contributed by atoms with Gasteiger partial charge in [0.2, 0.25) is 21.8 Å². The number of piperidine rings is 1. The predicted octanol–water partition coefficient (Wildman–Crippen LogP) is 2.88. The summed E-state index contributed by atoms with van der Waals surface area (Å²) in [5.74, 6) is -0.609. The first kappa shape index (κ1) is 23.4. The Morgan fingerprint density at radius 1 is 1.00 bits per heavy atom. The van der Waals surface area contributed by atoms with Crippen molar-refractivity contribution in [3.63, 3.8) is 0 Å². The Hall–Kier alpha value is -2.71. The predicted molar refractivity (Wildman–Crippen MR) is 127 cm³/mol. The minimum absolute atomic E-state index is 0.116. The summed E-state index contributed by atoms with van der Waals surface area (Å²) in [6.07, 6.45) is 2.72. The molecule has 0 aromatic heterocycles. The number of para-hydroxylation sites is 1. The highest BCUT2D eigenvalue weighted by Crippen LogP contribution is 2.28. The van der Waals surface area contributed by atoms with Gasteiger partial charge in [-0.25, -0.2) is 8.42 Å². The van der Waals surface area contributed by atoms with Crippen molar-refractivity contribution in [1.29, 1.82) is 0 Å². The van der Waals surface area contributed by atoms with Gasteiger partial charge in [0.25, 0.3) is 0 Å². The fourth-order valence-corrected chi connectivity index (χ4v) is 6.08. The van der Waals surface area contributed by atoms with Gasteiger partial charge in [0.15, 0.2) is 0 Å². The van der Waals surface area contributed by atoms with Crippen molar-refractivity contribution in [1.82, 2.24) is 9.62 Å². The lowest BCUT2D eigenvalue weighted by atomic mass is 9.96. The summed E-state index contributed by atoms with van der Waals surface area (Å²) < 4.78 is 27.2. The first-order chi connectivity index (χ1) is 15.8. The van der Waals surface area contributed by atoms with Crippen molar-refractivity contribution in [3.8, 4) is 0 Å². The number of carbonyl (C=O) groups excluding carboxylic acids is 2. The summed E-state index contributed by atoms with van der Waals surface area (Å²) in [6, 6.07) is 14.1. The van der Waals surface area contributed by atoms with Crippen molar-refractivity contribution >= 4 is 27.5 Å². The molecule has 8 heteroatoms. The maximum Gasteiger partial charge on any atom is 0.249 e.